The fourth-order valence-corrected chi connectivity index (χ4v) is 1.71. The second kappa shape index (κ2) is 3.32. The molecule has 90 valence electrons. The van der Waals surface area contributed by atoms with Crippen LogP contribution in [0.5, 0.6) is 0 Å². The van der Waals surface area contributed by atoms with E-state index in [-0.39, 0.29) is 0 Å². The second-order valence-corrected chi connectivity index (χ2v) is 4.17. The van der Waals surface area contributed by atoms with Crippen molar-refractivity contribution >= 4 is 31.8 Å². The number of halogens is 2. The molecule has 1 fully saturated rings. The van der Waals surface area contributed by atoms with Crippen molar-refractivity contribution in [3.8, 4) is 0 Å². The normalized spacial score (nSPS) is 23.3. The van der Waals surface area contributed by atoms with Gasteiger partial charge in [0, 0.05) is 0 Å². The summed E-state index contributed by atoms with van der Waals surface area (Å²) in [5, 5.41) is 7.65. The Hall–Kier alpha value is -1.87. The van der Waals surface area contributed by atoms with Gasteiger partial charge in [0.15, 0.2) is 0 Å². The zero-order valence-corrected chi connectivity index (χ0v) is 7.81. The van der Waals surface area contributed by atoms with Crippen LogP contribution < -0.4 is 0 Å². The van der Waals surface area contributed by atoms with Crippen LogP contribution in [0.2, 0.25) is 0 Å². The van der Waals surface area contributed by atoms with Gasteiger partial charge in [-0.05, 0) is 0 Å². The molecule has 1 aliphatic rings. The SMILES string of the molecule is O=C(OO)C(=O)OP1(F)(F)OC(=O)C(=O)O1. The van der Waals surface area contributed by atoms with Crippen molar-refractivity contribution in [3.05, 3.63) is 0 Å². The Kier molecular flexibility index (Phi) is 2.53. The van der Waals surface area contributed by atoms with Crippen molar-refractivity contribution in [1.82, 2.24) is 0 Å². The van der Waals surface area contributed by atoms with Crippen LogP contribution in [0.3, 0.4) is 0 Å². The van der Waals surface area contributed by atoms with Gasteiger partial charge in [-0.2, -0.15) is 0 Å². The Balaban J connectivity index is 2.87. The molecule has 0 atom stereocenters. The Bertz CT molecular complexity index is 382. The van der Waals surface area contributed by atoms with Crippen LogP contribution in [0.25, 0.3) is 0 Å². The molecule has 0 unspecified atom stereocenters. The summed E-state index contributed by atoms with van der Waals surface area (Å²) in [6, 6.07) is 0. The Morgan fingerprint density at radius 2 is 1.56 bits per heavy atom. The number of hydrogen-bond donors (Lipinski definition) is 1. The first kappa shape index (κ1) is 12.2. The monoisotopic (exact) mass is 262 g/mol. The van der Waals surface area contributed by atoms with Crippen LogP contribution >= 0.6 is 7.91 Å². The minimum atomic E-state index is -7.29. The number of hydrogen-bond acceptors (Lipinski definition) is 9. The maximum atomic E-state index is 13.1. The quantitative estimate of drug-likeness (QED) is 0.293. The van der Waals surface area contributed by atoms with Gasteiger partial charge in [0.25, 0.3) is 0 Å². The fraction of sp³-hybridized carbons (Fsp3) is 0. The molecule has 1 rings (SSSR count). The van der Waals surface area contributed by atoms with Crippen molar-refractivity contribution in [2.75, 3.05) is 0 Å². The molecule has 12 heteroatoms. The first-order valence-corrected chi connectivity index (χ1v) is 4.97. The van der Waals surface area contributed by atoms with Crippen molar-refractivity contribution in [2.24, 2.45) is 0 Å². The zero-order chi connectivity index (χ0) is 12.6. The van der Waals surface area contributed by atoms with Gasteiger partial charge in [-0.15, -0.1) is 0 Å². The standard InChI is InChI=1S/C4HF2O9P/c5-16(6,13-2(8)1(7)12-11)14-3(9)4(10)15-16/h11H. The van der Waals surface area contributed by atoms with Gasteiger partial charge in [-0.3, -0.25) is 0 Å². The topological polar surface area (TPSA) is 125 Å². The average Bonchev–Trinajstić information content (AvgIpc) is 2.34. The maximum absolute atomic E-state index is 13.1. The van der Waals surface area contributed by atoms with E-state index in [9.17, 15) is 27.6 Å². The number of carbonyl (C=O) groups excluding carboxylic acids is 4. The van der Waals surface area contributed by atoms with E-state index in [4.69, 9.17) is 5.26 Å². The molecule has 9 nitrogen and oxygen atoms in total. The Morgan fingerprint density at radius 3 is 1.94 bits per heavy atom. The molecular weight excluding hydrogens is 261 g/mol. The molecule has 1 N–H and O–H groups in total. The van der Waals surface area contributed by atoms with Gasteiger partial charge in [0.2, 0.25) is 0 Å². The second-order valence-electron chi connectivity index (χ2n) is 2.22. The molecule has 0 bridgehead atoms. The van der Waals surface area contributed by atoms with E-state index in [1.807, 2.05) is 0 Å². The van der Waals surface area contributed by atoms with Crippen LogP contribution in [0.1, 0.15) is 0 Å². The summed E-state index contributed by atoms with van der Waals surface area (Å²) in [5.74, 6) is -8.76. The molecule has 0 amide bonds. The van der Waals surface area contributed by atoms with E-state index < -0.39 is 31.8 Å². The molecule has 16 heavy (non-hydrogen) atoms. The van der Waals surface area contributed by atoms with Gasteiger partial charge in [0.05, 0.1) is 0 Å². The van der Waals surface area contributed by atoms with Crippen molar-refractivity contribution in [1.29, 1.82) is 0 Å². The fourth-order valence-electron chi connectivity index (χ4n) is 0.596. The molecule has 1 heterocycles. The van der Waals surface area contributed by atoms with E-state index in [2.05, 4.69) is 18.5 Å². The predicted molar refractivity (Wildman–Crippen MR) is 36.1 cm³/mol. The van der Waals surface area contributed by atoms with Crippen LogP contribution in [0.15, 0.2) is 0 Å². The van der Waals surface area contributed by atoms with E-state index in [1.165, 1.54) is 0 Å². The summed E-state index contributed by atoms with van der Waals surface area (Å²) in [6.07, 6.45) is 0. The molecule has 0 aliphatic carbocycles. The van der Waals surface area contributed by atoms with Gasteiger partial charge >= 0.3 is 83.1 Å². The summed E-state index contributed by atoms with van der Waals surface area (Å²) >= 11 is 0. The van der Waals surface area contributed by atoms with E-state index in [0.29, 0.717) is 0 Å². The first-order valence-electron chi connectivity index (χ1n) is 3.20. The Labute approximate surface area is 84.2 Å². The van der Waals surface area contributed by atoms with Crippen molar-refractivity contribution in [3.63, 3.8) is 0 Å². The van der Waals surface area contributed by atoms with E-state index in [0.717, 1.165) is 0 Å². The van der Waals surface area contributed by atoms with Crippen LogP contribution in [0.4, 0.5) is 8.39 Å². The van der Waals surface area contributed by atoms with Gasteiger partial charge in [0.1, 0.15) is 0 Å². The zero-order valence-electron chi connectivity index (χ0n) is 6.92. The summed E-state index contributed by atoms with van der Waals surface area (Å²) in [5.41, 5.74) is 0. The van der Waals surface area contributed by atoms with Gasteiger partial charge in [-0.1, -0.05) is 0 Å². The summed E-state index contributed by atoms with van der Waals surface area (Å²) in [7, 11) is -7.29. The first-order chi connectivity index (χ1) is 7.16. The molecule has 0 aromatic heterocycles. The van der Waals surface area contributed by atoms with Crippen molar-refractivity contribution < 1.29 is 51.3 Å². The van der Waals surface area contributed by atoms with E-state index >= 15 is 0 Å². The van der Waals surface area contributed by atoms with Crippen molar-refractivity contribution in [2.45, 2.75) is 0 Å². The van der Waals surface area contributed by atoms with E-state index in [1.54, 1.807) is 0 Å². The van der Waals surface area contributed by atoms with Crippen LogP contribution in [-0.2, 0) is 37.6 Å². The third kappa shape index (κ3) is 2.20. The molecular formula is C4HF2O9P. The minimum absolute atomic E-state index is 2.08. The third-order valence-electron chi connectivity index (χ3n) is 1.10. The Morgan fingerprint density at radius 1 is 1.12 bits per heavy atom. The van der Waals surface area contributed by atoms with Crippen LogP contribution in [0, 0.1) is 0 Å². The molecule has 1 aliphatic heterocycles. The van der Waals surface area contributed by atoms with Gasteiger partial charge in [-0.25, -0.2) is 0 Å². The molecule has 0 aromatic rings. The predicted octanol–water partition coefficient (Wildman–Crippen LogP) is -0.287. The summed E-state index contributed by atoms with van der Waals surface area (Å²) in [6.45, 7) is 0. The summed E-state index contributed by atoms with van der Waals surface area (Å²) in [4.78, 5) is 44.1. The molecule has 0 aromatic carbocycles. The van der Waals surface area contributed by atoms with Gasteiger partial charge < -0.3 is 0 Å². The number of carbonyl (C=O) groups is 4. The molecule has 0 spiro atoms. The average molecular weight is 262 g/mol. The molecule has 0 radical (unpaired) electrons. The summed E-state index contributed by atoms with van der Waals surface area (Å²) < 4.78 is 35.6. The van der Waals surface area contributed by atoms with Crippen LogP contribution in [-0.4, -0.2) is 29.1 Å². The third-order valence-corrected chi connectivity index (χ3v) is 2.45. The molecule has 1 saturated heterocycles. The number of rotatable bonds is 1. The molecule has 0 saturated carbocycles.